The van der Waals surface area contributed by atoms with Crippen molar-refractivity contribution in [1.82, 2.24) is 14.9 Å². The third kappa shape index (κ3) is 8.03. The summed E-state index contributed by atoms with van der Waals surface area (Å²) < 4.78 is 28.4. The Kier molecular flexibility index (Phi) is 10.3. The van der Waals surface area contributed by atoms with Gasteiger partial charge < -0.3 is 15.3 Å². The minimum atomic E-state index is -3.88. The fourth-order valence-electron chi connectivity index (χ4n) is 4.18. The standard InChI is InChI=1S/C25H39N3O6S/c1-6-18(5)22(25(31)32)26-23(29)19-11-13-28(14-12-19)24(30)21(15-16(2)3)27-35(33,34)20-9-7-17(4)8-10-20/h7-10,16,18-19,21-22,27H,6,11-15H2,1-5H3,(H,26,29)(H,31,32)/t18-,21+,22+/m1/s1. The molecule has 0 radical (unpaired) electrons. The molecule has 10 heteroatoms. The van der Waals surface area contributed by atoms with E-state index in [9.17, 15) is 27.9 Å². The van der Waals surface area contributed by atoms with Gasteiger partial charge in [0.15, 0.2) is 0 Å². The van der Waals surface area contributed by atoms with E-state index in [2.05, 4.69) is 10.0 Å². The number of piperidine rings is 1. The van der Waals surface area contributed by atoms with Crippen molar-refractivity contribution < 1.29 is 27.9 Å². The van der Waals surface area contributed by atoms with Crippen molar-refractivity contribution in [1.29, 1.82) is 0 Å². The molecule has 2 rings (SSSR count). The lowest BCUT2D eigenvalue weighted by molar-refractivity contribution is -0.144. The second-order valence-electron chi connectivity index (χ2n) is 9.93. The summed E-state index contributed by atoms with van der Waals surface area (Å²) in [5, 5.41) is 12.1. The Balaban J connectivity index is 2.05. The Morgan fingerprint density at radius 3 is 2.14 bits per heavy atom. The first-order chi connectivity index (χ1) is 16.4. The van der Waals surface area contributed by atoms with Gasteiger partial charge in [-0.2, -0.15) is 4.72 Å². The van der Waals surface area contributed by atoms with Crippen molar-refractivity contribution in [3.05, 3.63) is 29.8 Å². The molecular weight excluding hydrogens is 470 g/mol. The number of rotatable bonds is 11. The molecule has 0 spiro atoms. The average Bonchev–Trinajstić information content (AvgIpc) is 2.80. The number of hydrogen-bond donors (Lipinski definition) is 3. The first kappa shape index (κ1) is 28.8. The number of sulfonamides is 1. The number of carbonyl (C=O) groups is 3. The summed E-state index contributed by atoms with van der Waals surface area (Å²) in [6, 6.07) is 4.59. The highest BCUT2D eigenvalue weighted by molar-refractivity contribution is 7.89. The summed E-state index contributed by atoms with van der Waals surface area (Å²) in [6.07, 6.45) is 1.76. The van der Waals surface area contributed by atoms with Crippen molar-refractivity contribution in [3.63, 3.8) is 0 Å². The molecule has 2 amide bonds. The molecule has 196 valence electrons. The summed E-state index contributed by atoms with van der Waals surface area (Å²) in [6.45, 7) is 9.98. The summed E-state index contributed by atoms with van der Waals surface area (Å²) >= 11 is 0. The number of amides is 2. The van der Waals surface area contributed by atoms with Gasteiger partial charge in [0.1, 0.15) is 12.1 Å². The molecule has 3 N–H and O–H groups in total. The van der Waals surface area contributed by atoms with Crippen molar-refractivity contribution in [2.75, 3.05) is 13.1 Å². The monoisotopic (exact) mass is 509 g/mol. The number of carbonyl (C=O) groups excluding carboxylic acids is 2. The minimum Gasteiger partial charge on any atom is -0.480 e. The minimum absolute atomic E-state index is 0.0847. The molecule has 1 aromatic rings. The third-order valence-electron chi connectivity index (χ3n) is 6.59. The van der Waals surface area contributed by atoms with E-state index in [1.165, 1.54) is 12.1 Å². The Hall–Kier alpha value is -2.46. The maximum atomic E-state index is 13.3. The molecule has 1 aliphatic heterocycles. The van der Waals surface area contributed by atoms with Gasteiger partial charge >= 0.3 is 5.97 Å². The van der Waals surface area contributed by atoms with E-state index in [1.54, 1.807) is 24.0 Å². The summed E-state index contributed by atoms with van der Waals surface area (Å²) in [4.78, 5) is 39.2. The highest BCUT2D eigenvalue weighted by atomic mass is 32.2. The summed E-state index contributed by atoms with van der Waals surface area (Å²) in [7, 11) is -3.88. The number of benzene rings is 1. The normalized spacial score (nSPS) is 17.6. The zero-order chi connectivity index (χ0) is 26.3. The van der Waals surface area contributed by atoms with E-state index in [4.69, 9.17) is 0 Å². The number of carboxylic acids is 1. The second-order valence-corrected chi connectivity index (χ2v) is 11.6. The number of carboxylic acid groups (broad SMARTS) is 1. The number of hydrogen-bond acceptors (Lipinski definition) is 5. The maximum Gasteiger partial charge on any atom is 0.326 e. The lowest BCUT2D eigenvalue weighted by Gasteiger charge is -2.35. The van der Waals surface area contributed by atoms with Gasteiger partial charge in [-0.3, -0.25) is 9.59 Å². The van der Waals surface area contributed by atoms with Crippen molar-refractivity contribution in [2.45, 2.75) is 77.3 Å². The molecule has 0 aliphatic carbocycles. The van der Waals surface area contributed by atoms with Crippen LogP contribution >= 0.6 is 0 Å². The van der Waals surface area contributed by atoms with Crippen LogP contribution in [0.25, 0.3) is 0 Å². The van der Waals surface area contributed by atoms with Crippen LogP contribution in [-0.4, -0.2) is 61.4 Å². The highest BCUT2D eigenvalue weighted by Gasteiger charge is 2.35. The van der Waals surface area contributed by atoms with Gasteiger partial charge in [-0.25, -0.2) is 13.2 Å². The molecule has 1 saturated heterocycles. The van der Waals surface area contributed by atoms with Gasteiger partial charge in [0, 0.05) is 19.0 Å². The largest absolute Gasteiger partial charge is 0.480 e. The smallest absolute Gasteiger partial charge is 0.326 e. The molecule has 35 heavy (non-hydrogen) atoms. The number of aliphatic carboxylic acids is 1. The SMILES string of the molecule is CC[C@@H](C)[C@H](NC(=O)C1CCN(C(=O)[C@H](CC(C)C)NS(=O)(=O)c2ccc(C)cc2)CC1)C(=O)O. The van der Waals surface area contributed by atoms with Crippen molar-refractivity contribution in [3.8, 4) is 0 Å². The third-order valence-corrected chi connectivity index (χ3v) is 8.08. The number of aryl methyl sites for hydroxylation is 1. The van der Waals surface area contributed by atoms with Crippen LogP contribution in [0.1, 0.15) is 58.9 Å². The molecule has 3 atom stereocenters. The number of nitrogens with one attached hydrogen (secondary N) is 2. The second kappa shape index (κ2) is 12.5. The Bertz CT molecular complexity index is 985. The summed E-state index contributed by atoms with van der Waals surface area (Å²) in [5.74, 6) is -2.19. The molecule has 0 aromatic heterocycles. The fraction of sp³-hybridized carbons (Fsp3) is 0.640. The van der Waals surface area contributed by atoms with Crippen LogP contribution in [0.3, 0.4) is 0 Å². The van der Waals surface area contributed by atoms with Gasteiger partial charge in [0.05, 0.1) is 4.90 Å². The molecule has 1 aliphatic rings. The first-order valence-electron chi connectivity index (χ1n) is 12.3. The fourth-order valence-corrected chi connectivity index (χ4v) is 5.38. The molecular formula is C25H39N3O6S. The first-order valence-corrected chi connectivity index (χ1v) is 13.7. The predicted octanol–water partition coefficient (Wildman–Crippen LogP) is 2.54. The van der Waals surface area contributed by atoms with Gasteiger partial charge in [-0.05, 0) is 50.2 Å². The van der Waals surface area contributed by atoms with E-state index < -0.39 is 34.0 Å². The maximum absolute atomic E-state index is 13.3. The van der Waals surface area contributed by atoms with E-state index in [0.717, 1.165) is 5.56 Å². The molecule has 1 aromatic carbocycles. The molecule has 0 bridgehead atoms. The highest BCUT2D eigenvalue weighted by Crippen LogP contribution is 2.21. The van der Waals surface area contributed by atoms with Crippen LogP contribution in [-0.2, 0) is 24.4 Å². The average molecular weight is 510 g/mol. The molecule has 0 saturated carbocycles. The lowest BCUT2D eigenvalue weighted by atomic mass is 9.93. The summed E-state index contributed by atoms with van der Waals surface area (Å²) in [5.41, 5.74) is 0.935. The van der Waals surface area contributed by atoms with Gasteiger partial charge in [-0.15, -0.1) is 0 Å². The van der Waals surface area contributed by atoms with E-state index in [-0.39, 0.29) is 28.5 Å². The van der Waals surface area contributed by atoms with Gasteiger partial charge in [0.25, 0.3) is 0 Å². The lowest BCUT2D eigenvalue weighted by Crippen LogP contribution is -2.53. The molecule has 0 unspecified atom stereocenters. The molecule has 1 fully saturated rings. The van der Waals surface area contributed by atoms with Crippen LogP contribution in [0.4, 0.5) is 0 Å². The van der Waals surface area contributed by atoms with E-state index >= 15 is 0 Å². The Morgan fingerprint density at radius 2 is 1.66 bits per heavy atom. The van der Waals surface area contributed by atoms with Gasteiger partial charge in [0.2, 0.25) is 21.8 Å². The van der Waals surface area contributed by atoms with Crippen LogP contribution in [0.5, 0.6) is 0 Å². The zero-order valence-corrected chi connectivity index (χ0v) is 22.1. The van der Waals surface area contributed by atoms with Crippen LogP contribution < -0.4 is 10.0 Å². The van der Waals surface area contributed by atoms with E-state index in [0.29, 0.717) is 38.8 Å². The zero-order valence-electron chi connectivity index (χ0n) is 21.3. The molecule has 9 nitrogen and oxygen atoms in total. The van der Waals surface area contributed by atoms with E-state index in [1.807, 2.05) is 27.7 Å². The quantitative estimate of drug-likeness (QED) is 0.420. The number of likely N-dealkylation sites (tertiary alicyclic amines) is 1. The topological polar surface area (TPSA) is 133 Å². The van der Waals surface area contributed by atoms with Crippen LogP contribution in [0.15, 0.2) is 29.2 Å². The van der Waals surface area contributed by atoms with Gasteiger partial charge in [-0.1, -0.05) is 51.8 Å². The van der Waals surface area contributed by atoms with Crippen molar-refractivity contribution in [2.24, 2.45) is 17.8 Å². The number of nitrogens with zero attached hydrogens (tertiary/aromatic N) is 1. The molecule has 1 heterocycles. The predicted molar refractivity (Wildman–Crippen MR) is 133 cm³/mol. The van der Waals surface area contributed by atoms with Crippen molar-refractivity contribution >= 4 is 27.8 Å². The Labute approximate surface area is 208 Å². The van der Waals surface area contributed by atoms with Crippen LogP contribution in [0.2, 0.25) is 0 Å². The van der Waals surface area contributed by atoms with Crippen LogP contribution in [0, 0.1) is 24.7 Å². The Morgan fingerprint density at radius 1 is 1.09 bits per heavy atom.